The highest BCUT2D eigenvalue weighted by Crippen LogP contribution is 2.39. The van der Waals surface area contributed by atoms with Crippen LogP contribution in [-0.4, -0.2) is 81.8 Å². The Labute approximate surface area is 189 Å². The minimum atomic E-state index is -0.836. The highest BCUT2D eigenvalue weighted by Gasteiger charge is 2.44. The van der Waals surface area contributed by atoms with Gasteiger partial charge in [0.1, 0.15) is 11.6 Å². The minimum Gasteiger partial charge on any atom is -0.633 e. The molecule has 4 N–H and O–H groups in total. The number of aliphatic hydroxyl groups is 2. The van der Waals surface area contributed by atoms with Crippen molar-refractivity contribution in [1.29, 1.82) is 0 Å². The Hall–Kier alpha value is -0.800. The molecular formula is C24H48N2O5. The summed E-state index contributed by atoms with van der Waals surface area (Å²) in [6.07, 6.45) is 5.38. The van der Waals surface area contributed by atoms with Crippen molar-refractivity contribution >= 4 is 0 Å². The van der Waals surface area contributed by atoms with Crippen LogP contribution in [0.1, 0.15) is 66.2 Å². The second kappa shape index (κ2) is 11.9. The van der Waals surface area contributed by atoms with Crippen molar-refractivity contribution in [3.63, 3.8) is 0 Å². The van der Waals surface area contributed by atoms with E-state index in [-0.39, 0.29) is 12.1 Å². The van der Waals surface area contributed by atoms with Gasteiger partial charge in [-0.15, -0.1) is 0 Å². The van der Waals surface area contributed by atoms with Crippen LogP contribution in [0, 0.1) is 17.0 Å². The molecule has 0 aliphatic heterocycles. The van der Waals surface area contributed by atoms with Crippen LogP contribution in [0.25, 0.3) is 0 Å². The van der Waals surface area contributed by atoms with Crippen molar-refractivity contribution in [2.45, 2.75) is 89.5 Å². The lowest BCUT2D eigenvalue weighted by Crippen LogP contribution is -2.59. The normalized spacial score (nSPS) is 35.9. The number of hydroxylamine groups is 3. The molecule has 0 spiro atoms. The number of rotatable bonds is 4. The monoisotopic (exact) mass is 444 g/mol. The topological polar surface area (TPSA) is 107 Å². The van der Waals surface area contributed by atoms with E-state index < -0.39 is 15.8 Å². The Balaban J connectivity index is 0.000000539. The predicted molar refractivity (Wildman–Crippen MR) is 128 cm³/mol. The highest BCUT2D eigenvalue weighted by molar-refractivity contribution is 5.05. The minimum absolute atomic E-state index is 0.243. The molecule has 31 heavy (non-hydrogen) atoms. The molecule has 0 aromatic rings. The molecule has 0 aromatic heterocycles. The van der Waals surface area contributed by atoms with Crippen LogP contribution in [-0.2, 0) is 0 Å². The van der Waals surface area contributed by atoms with Crippen molar-refractivity contribution in [1.82, 2.24) is 4.90 Å². The van der Waals surface area contributed by atoms with E-state index in [2.05, 4.69) is 25.0 Å². The molecule has 184 valence electrons. The molecule has 2 saturated carbocycles. The maximum Gasteiger partial charge on any atom is 0.118 e. The zero-order chi connectivity index (χ0) is 24.8. The summed E-state index contributed by atoms with van der Waals surface area (Å²) in [4.78, 5) is 2.13. The fourth-order valence-electron chi connectivity index (χ4n) is 5.13. The van der Waals surface area contributed by atoms with Crippen molar-refractivity contribution < 1.29 is 25.4 Å². The molecule has 2 aliphatic carbocycles. The Morgan fingerprint density at radius 2 is 1.29 bits per heavy atom. The van der Waals surface area contributed by atoms with Gasteiger partial charge in [-0.3, -0.25) is 10.5 Å². The van der Waals surface area contributed by atoms with Gasteiger partial charge in [0.25, 0.3) is 0 Å². The number of quaternary nitrogens is 1. The first kappa shape index (κ1) is 30.2. The number of likely N-dealkylation sites (N-methyl/N-ethyl adjacent to an activating group) is 2. The zero-order valence-electron chi connectivity index (χ0n) is 21.1. The van der Waals surface area contributed by atoms with Gasteiger partial charge >= 0.3 is 0 Å². The quantitative estimate of drug-likeness (QED) is 0.225. The number of nitrogens with zero attached hydrogens (tertiary/aromatic N) is 2. The average Bonchev–Trinajstić information content (AvgIpc) is 2.61. The van der Waals surface area contributed by atoms with Gasteiger partial charge in [0.05, 0.1) is 19.7 Å². The van der Waals surface area contributed by atoms with Crippen LogP contribution < -0.4 is 0 Å². The molecule has 0 radical (unpaired) electrons. The van der Waals surface area contributed by atoms with Gasteiger partial charge in [0.2, 0.25) is 0 Å². The van der Waals surface area contributed by atoms with Crippen molar-refractivity contribution in [2.24, 2.45) is 11.8 Å². The second-order valence-corrected chi connectivity index (χ2v) is 10.8. The third kappa shape index (κ3) is 8.92. The van der Waals surface area contributed by atoms with Crippen LogP contribution in [0.15, 0.2) is 24.3 Å². The second-order valence-electron chi connectivity index (χ2n) is 10.8. The van der Waals surface area contributed by atoms with Gasteiger partial charge in [-0.2, -0.15) is 0 Å². The molecule has 0 aromatic carbocycles. The highest BCUT2D eigenvalue weighted by atomic mass is 17.0. The van der Waals surface area contributed by atoms with E-state index in [1.807, 2.05) is 27.9 Å². The lowest BCUT2D eigenvalue weighted by molar-refractivity contribution is -0.876. The van der Waals surface area contributed by atoms with Gasteiger partial charge in [-0.05, 0) is 85.7 Å². The lowest BCUT2D eigenvalue weighted by atomic mass is 9.73. The van der Waals surface area contributed by atoms with E-state index in [0.29, 0.717) is 18.3 Å². The molecule has 0 amide bonds. The Morgan fingerprint density at radius 1 is 0.903 bits per heavy atom. The molecule has 2 aliphatic rings. The number of hydrogen-bond acceptors (Lipinski definition) is 6. The van der Waals surface area contributed by atoms with Crippen molar-refractivity contribution in [3.8, 4) is 0 Å². The summed E-state index contributed by atoms with van der Waals surface area (Å²) in [7, 11) is 7.31. The SMILES string of the molecule is C=C(C)[C@@H]1CC[C@](C)(O)[C@@H](N(C)C)C1.C=C(C)[C@@H]1CC[C@](C)(O)[C@@H]([N+](C)(C)[O-])C1.OO. The van der Waals surface area contributed by atoms with E-state index in [9.17, 15) is 15.4 Å². The summed E-state index contributed by atoms with van der Waals surface area (Å²) in [5.41, 5.74) is 1.02. The zero-order valence-corrected chi connectivity index (χ0v) is 21.1. The number of hydrogen-bond donors (Lipinski definition) is 4. The Kier molecular flexibility index (Phi) is 11.6. The first-order valence-corrected chi connectivity index (χ1v) is 11.2. The van der Waals surface area contributed by atoms with Gasteiger partial charge in [-0.1, -0.05) is 24.3 Å². The molecule has 2 rings (SSSR count). The fourth-order valence-corrected chi connectivity index (χ4v) is 5.13. The van der Waals surface area contributed by atoms with Crippen LogP contribution in [0.2, 0.25) is 0 Å². The number of allylic oxidation sites excluding steroid dienone is 2. The van der Waals surface area contributed by atoms with Crippen LogP contribution in [0.5, 0.6) is 0 Å². The third-order valence-electron chi connectivity index (χ3n) is 7.22. The lowest BCUT2D eigenvalue weighted by Gasteiger charge is -2.52. The fraction of sp³-hybridized carbons (Fsp3) is 0.833. The summed E-state index contributed by atoms with van der Waals surface area (Å²) in [6.45, 7) is 15.8. The van der Waals surface area contributed by atoms with Gasteiger partial charge in [0, 0.05) is 12.5 Å². The maximum absolute atomic E-state index is 12.0. The van der Waals surface area contributed by atoms with E-state index >= 15 is 0 Å². The third-order valence-corrected chi connectivity index (χ3v) is 7.22. The summed E-state index contributed by atoms with van der Waals surface area (Å²) >= 11 is 0. The summed E-state index contributed by atoms with van der Waals surface area (Å²) in [5.74, 6) is 0.976. The first-order valence-electron chi connectivity index (χ1n) is 11.2. The molecule has 7 nitrogen and oxygen atoms in total. The Morgan fingerprint density at radius 3 is 1.65 bits per heavy atom. The molecule has 0 bridgehead atoms. The predicted octanol–water partition coefficient (Wildman–Crippen LogP) is 4.12. The molecule has 6 atom stereocenters. The Bertz CT molecular complexity index is 581. The van der Waals surface area contributed by atoms with Crippen LogP contribution in [0.3, 0.4) is 0 Å². The van der Waals surface area contributed by atoms with Gasteiger partial charge < -0.3 is 25.0 Å². The molecular weight excluding hydrogens is 396 g/mol. The van der Waals surface area contributed by atoms with E-state index in [1.54, 1.807) is 21.0 Å². The first-order chi connectivity index (χ1) is 14.0. The average molecular weight is 445 g/mol. The van der Waals surface area contributed by atoms with Gasteiger partial charge in [0.15, 0.2) is 0 Å². The van der Waals surface area contributed by atoms with Crippen LogP contribution >= 0.6 is 0 Å². The summed E-state index contributed by atoms with van der Waals surface area (Å²) in [5, 5.41) is 44.4. The van der Waals surface area contributed by atoms with E-state index in [0.717, 1.165) is 37.7 Å². The largest absolute Gasteiger partial charge is 0.633 e. The molecule has 0 saturated heterocycles. The van der Waals surface area contributed by atoms with Crippen molar-refractivity contribution in [3.05, 3.63) is 29.5 Å². The summed E-state index contributed by atoms with van der Waals surface area (Å²) < 4.78 is -0.420. The summed E-state index contributed by atoms with van der Waals surface area (Å²) in [6, 6.07) is 0.0194. The van der Waals surface area contributed by atoms with Crippen LogP contribution in [0.4, 0.5) is 0 Å². The smallest absolute Gasteiger partial charge is 0.118 e. The molecule has 0 unspecified atom stereocenters. The van der Waals surface area contributed by atoms with E-state index in [4.69, 9.17) is 10.5 Å². The van der Waals surface area contributed by atoms with Crippen molar-refractivity contribution in [2.75, 3.05) is 28.2 Å². The molecule has 7 heteroatoms. The standard InChI is InChI=1S/C12H23NO2.C12H23NO.H2O2/c1-9(2)10-6-7-12(3,14)11(8-10)13(4,5)15;1-9(2)10-6-7-12(3,14)11(8-10)13(4)5;1-2/h10-11,14H,1,6-8H2,2-5H3;10-11,14H,1,6-8H2,2-5H3;1-2H/t2*10-,11+,12+;/m11./s1. The van der Waals surface area contributed by atoms with E-state index in [1.165, 1.54) is 5.57 Å². The molecule has 0 heterocycles. The van der Waals surface area contributed by atoms with Gasteiger partial charge in [-0.25, -0.2) is 0 Å². The maximum atomic E-state index is 12.0. The molecule has 2 fully saturated rings.